The maximum atomic E-state index is 11.1. The Morgan fingerprint density at radius 2 is 2.12 bits per heavy atom. The Bertz CT molecular complexity index is 420. The SMILES string of the molecule is C=CCOC(=O)NC(=S)Nc1ccc(Cl)cc1. The minimum atomic E-state index is -0.628. The number of thiocarbonyl (C=S) groups is 1. The van der Waals surface area contributed by atoms with Gasteiger partial charge in [-0.25, -0.2) is 4.79 Å². The van der Waals surface area contributed by atoms with Crippen molar-refractivity contribution in [2.75, 3.05) is 11.9 Å². The van der Waals surface area contributed by atoms with Crippen LogP contribution in [0.25, 0.3) is 0 Å². The lowest BCUT2D eigenvalue weighted by Gasteiger charge is -2.09. The summed E-state index contributed by atoms with van der Waals surface area (Å²) in [5, 5.41) is 5.95. The van der Waals surface area contributed by atoms with Crippen molar-refractivity contribution in [2.45, 2.75) is 0 Å². The Morgan fingerprint density at radius 3 is 2.71 bits per heavy atom. The van der Waals surface area contributed by atoms with E-state index in [-0.39, 0.29) is 11.7 Å². The first-order valence-corrected chi connectivity index (χ1v) is 5.51. The van der Waals surface area contributed by atoms with Gasteiger partial charge in [-0.1, -0.05) is 24.3 Å². The number of hydrogen-bond acceptors (Lipinski definition) is 3. The summed E-state index contributed by atoms with van der Waals surface area (Å²) in [6.45, 7) is 3.56. The molecule has 0 radical (unpaired) electrons. The molecule has 0 heterocycles. The molecule has 0 fully saturated rings. The smallest absolute Gasteiger partial charge is 0.413 e. The Hall–Kier alpha value is -1.59. The minimum Gasteiger partial charge on any atom is -0.445 e. The van der Waals surface area contributed by atoms with E-state index in [2.05, 4.69) is 17.2 Å². The highest BCUT2D eigenvalue weighted by molar-refractivity contribution is 7.80. The van der Waals surface area contributed by atoms with Gasteiger partial charge in [0.05, 0.1) is 0 Å². The van der Waals surface area contributed by atoms with Gasteiger partial charge < -0.3 is 10.1 Å². The molecule has 0 aromatic heterocycles. The molecule has 17 heavy (non-hydrogen) atoms. The summed E-state index contributed by atoms with van der Waals surface area (Å²) < 4.78 is 4.70. The molecule has 0 atom stereocenters. The molecular formula is C11H11ClN2O2S. The molecule has 90 valence electrons. The van der Waals surface area contributed by atoms with Gasteiger partial charge in [-0.05, 0) is 36.5 Å². The van der Waals surface area contributed by atoms with E-state index < -0.39 is 6.09 Å². The number of benzene rings is 1. The zero-order valence-electron chi connectivity index (χ0n) is 8.90. The molecular weight excluding hydrogens is 260 g/mol. The fraction of sp³-hybridized carbons (Fsp3) is 0.0909. The summed E-state index contributed by atoms with van der Waals surface area (Å²) in [6.07, 6.45) is 0.839. The van der Waals surface area contributed by atoms with Crippen LogP contribution < -0.4 is 10.6 Å². The first-order chi connectivity index (χ1) is 8.11. The van der Waals surface area contributed by atoms with Gasteiger partial charge in [0.2, 0.25) is 0 Å². The van der Waals surface area contributed by atoms with Crippen molar-refractivity contribution in [3.8, 4) is 0 Å². The highest BCUT2D eigenvalue weighted by Crippen LogP contribution is 2.13. The van der Waals surface area contributed by atoms with E-state index >= 15 is 0 Å². The molecule has 0 unspecified atom stereocenters. The van der Waals surface area contributed by atoms with Gasteiger partial charge in [-0.15, -0.1) is 0 Å². The van der Waals surface area contributed by atoms with Gasteiger partial charge in [0.1, 0.15) is 6.61 Å². The topological polar surface area (TPSA) is 50.4 Å². The van der Waals surface area contributed by atoms with Crippen molar-refractivity contribution in [3.63, 3.8) is 0 Å². The summed E-state index contributed by atoms with van der Waals surface area (Å²) in [5.41, 5.74) is 0.725. The first kappa shape index (κ1) is 13.5. The third kappa shape index (κ3) is 5.33. The Kier molecular flexibility index (Phi) is 5.45. The molecule has 6 heteroatoms. The number of ether oxygens (including phenoxy) is 1. The van der Waals surface area contributed by atoms with Crippen LogP contribution in [-0.2, 0) is 4.74 Å². The van der Waals surface area contributed by atoms with Crippen LogP contribution >= 0.6 is 23.8 Å². The zero-order chi connectivity index (χ0) is 12.7. The molecule has 1 rings (SSSR count). The van der Waals surface area contributed by atoms with E-state index in [1.54, 1.807) is 24.3 Å². The Morgan fingerprint density at radius 1 is 1.47 bits per heavy atom. The summed E-state index contributed by atoms with van der Waals surface area (Å²) in [6, 6.07) is 6.90. The predicted octanol–water partition coefficient (Wildman–Crippen LogP) is 2.95. The average Bonchev–Trinajstić information content (AvgIpc) is 2.29. The van der Waals surface area contributed by atoms with Gasteiger partial charge in [0.15, 0.2) is 5.11 Å². The van der Waals surface area contributed by atoms with Gasteiger partial charge in [-0.2, -0.15) is 0 Å². The number of rotatable bonds is 3. The van der Waals surface area contributed by atoms with Crippen molar-refractivity contribution >= 4 is 40.7 Å². The molecule has 1 aromatic rings. The summed E-state index contributed by atoms with van der Waals surface area (Å²) >= 11 is 10.6. The largest absolute Gasteiger partial charge is 0.445 e. The number of alkyl carbamates (subject to hydrolysis) is 1. The second-order valence-electron chi connectivity index (χ2n) is 2.97. The Balaban J connectivity index is 2.41. The second kappa shape index (κ2) is 6.88. The fourth-order valence-corrected chi connectivity index (χ4v) is 1.29. The maximum absolute atomic E-state index is 11.1. The predicted molar refractivity (Wildman–Crippen MR) is 72.4 cm³/mol. The first-order valence-electron chi connectivity index (χ1n) is 4.73. The third-order valence-electron chi connectivity index (χ3n) is 1.65. The third-order valence-corrected chi connectivity index (χ3v) is 2.11. The van der Waals surface area contributed by atoms with Crippen LogP contribution in [0, 0.1) is 0 Å². The van der Waals surface area contributed by atoms with Crippen molar-refractivity contribution in [1.82, 2.24) is 5.32 Å². The lowest BCUT2D eigenvalue weighted by atomic mass is 10.3. The second-order valence-corrected chi connectivity index (χ2v) is 3.82. The van der Waals surface area contributed by atoms with Crippen molar-refractivity contribution in [2.24, 2.45) is 0 Å². The number of carbonyl (C=O) groups is 1. The van der Waals surface area contributed by atoms with Crippen LogP contribution in [0.15, 0.2) is 36.9 Å². The Labute approximate surface area is 110 Å². The quantitative estimate of drug-likeness (QED) is 0.655. The van der Waals surface area contributed by atoms with Crippen LogP contribution in [0.5, 0.6) is 0 Å². The van der Waals surface area contributed by atoms with Crippen LogP contribution in [-0.4, -0.2) is 17.8 Å². The lowest BCUT2D eigenvalue weighted by Crippen LogP contribution is -2.34. The van der Waals surface area contributed by atoms with Crippen LogP contribution in [0.4, 0.5) is 10.5 Å². The number of anilines is 1. The number of nitrogens with one attached hydrogen (secondary N) is 2. The molecule has 1 amide bonds. The van der Waals surface area contributed by atoms with E-state index in [1.165, 1.54) is 6.08 Å². The number of halogens is 1. The minimum absolute atomic E-state index is 0.134. The molecule has 0 saturated heterocycles. The highest BCUT2D eigenvalue weighted by atomic mass is 35.5. The van der Waals surface area contributed by atoms with Crippen LogP contribution in [0.3, 0.4) is 0 Å². The van der Waals surface area contributed by atoms with Crippen molar-refractivity contribution < 1.29 is 9.53 Å². The summed E-state index contributed by atoms with van der Waals surface area (Å²) in [7, 11) is 0. The molecule has 0 aliphatic rings. The number of amides is 1. The van der Waals surface area contributed by atoms with Crippen molar-refractivity contribution in [3.05, 3.63) is 41.9 Å². The van der Waals surface area contributed by atoms with Crippen LogP contribution in [0.1, 0.15) is 0 Å². The molecule has 0 saturated carbocycles. The number of hydrogen-bond donors (Lipinski definition) is 2. The summed E-state index contributed by atoms with van der Waals surface area (Å²) in [4.78, 5) is 11.1. The van der Waals surface area contributed by atoms with E-state index in [4.69, 9.17) is 28.6 Å². The monoisotopic (exact) mass is 270 g/mol. The molecule has 0 spiro atoms. The normalized spacial score (nSPS) is 9.24. The lowest BCUT2D eigenvalue weighted by molar-refractivity contribution is 0.164. The van der Waals surface area contributed by atoms with Crippen molar-refractivity contribution in [1.29, 1.82) is 0 Å². The van der Waals surface area contributed by atoms with E-state index in [0.29, 0.717) is 5.02 Å². The zero-order valence-corrected chi connectivity index (χ0v) is 10.5. The fourth-order valence-electron chi connectivity index (χ4n) is 0.959. The molecule has 1 aromatic carbocycles. The molecule has 0 bridgehead atoms. The van der Waals surface area contributed by atoms with E-state index in [9.17, 15) is 4.79 Å². The van der Waals surface area contributed by atoms with Gasteiger partial charge in [0, 0.05) is 10.7 Å². The van der Waals surface area contributed by atoms with Gasteiger partial charge >= 0.3 is 6.09 Å². The standard InChI is InChI=1S/C11H11ClN2O2S/c1-2-7-16-11(15)14-10(17)13-9-5-3-8(12)4-6-9/h2-6H,1,7H2,(H2,13,14,15,17). The number of carbonyl (C=O) groups excluding carboxylic acids is 1. The molecule has 2 N–H and O–H groups in total. The maximum Gasteiger partial charge on any atom is 0.413 e. The molecule has 0 aliphatic carbocycles. The van der Waals surface area contributed by atoms with E-state index in [1.807, 2.05) is 0 Å². The van der Waals surface area contributed by atoms with Gasteiger partial charge in [0.25, 0.3) is 0 Å². The molecule has 4 nitrogen and oxygen atoms in total. The average molecular weight is 271 g/mol. The highest BCUT2D eigenvalue weighted by Gasteiger charge is 2.04. The van der Waals surface area contributed by atoms with Gasteiger partial charge in [-0.3, -0.25) is 5.32 Å². The van der Waals surface area contributed by atoms with Crippen LogP contribution in [0.2, 0.25) is 5.02 Å². The molecule has 0 aliphatic heterocycles. The summed E-state index contributed by atoms with van der Waals surface area (Å²) in [5.74, 6) is 0. The van der Waals surface area contributed by atoms with E-state index in [0.717, 1.165) is 5.69 Å².